The molecule has 11 heteroatoms. The van der Waals surface area contributed by atoms with Gasteiger partial charge in [0.15, 0.2) is 10.3 Å². The van der Waals surface area contributed by atoms with E-state index < -0.39 is 12.1 Å². The number of urea groups is 2. The van der Waals surface area contributed by atoms with E-state index in [1.807, 2.05) is 0 Å². The zero-order valence-electron chi connectivity index (χ0n) is 13.9. The van der Waals surface area contributed by atoms with Gasteiger partial charge in [0.25, 0.3) is 0 Å². The number of amides is 4. The molecule has 134 valence electrons. The van der Waals surface area contributed by atoms with Crippen molar-refractivity contribution in [3.63, 3.8) is 0 Å². The fourth-order valence-corrected chi connectivity index (χ4v) is 3.10. The van der Waals surface area contributed by atoms with Crippen molar-refractivity contribution in [1.29, 1.82) is 0 Å². The summed E-state index contributed by atoms with van der Waals surface area (Å²) in [4.78, 5) is 36.5. The number of nitrogens with one attached hydrogen (secondary N) is 4. The molecule has 4 N–H and O–H groups in total. The van der Waals surface area contributed by atoms with Crippen molar-refractivity contribution in [1.82, 2.24) is 15.0 Å². The molecule has 0 bridgehead atoms. The average Bonchev–Trinajstić information content (AvgIpc) is 3.26. The molecule has 0 saturated heterocycles. The Morgan fingerprint density at radius 2 is 1.27 bits per heavy atom. The highest BCUT2D eigenvalue weighted by atomic mass is 32.1. The standard InChI is InChI=1S/C15H15N7O2S2/c1-8-10(19-12(23)21-14-16-3-5-25-14)7-11(9(2)18-8)20-13(24)22-15-17-4-6-26-15/h3-7H,1-2H3,(H2,16,19,21,23)(H2,17,20,22,24). The van der Waals surface area contributed by atoms with E-state index in [9.17, 15) is 9.59 Å². The zero-order valence-corrected chi connectivity index (χ0v) is 15.5. The Morgan fingerprint density at radius 1 is 0.808 bits per heavy atom. The van der Waals surface area contributed by atoms with Crippen molar-refractivity contribution in [2.45, 2.75) is 13.8 Å². The summed E-state index contributed by atoms with van der Waals surface area (Å²) in [5.41, 5.74) is 2.22. The normalized spacial score (nSPS) is 10.2. The lowest BCUT2D eigenvalue weighted by Crippen LogP contribution is -2.22. The monoisotopic (exact) mass is 389 g/mol. The topological polar surface area (TPSA) is 121 Å². The van der Waals surface area contributed by atoms with Crippen LogP contribution >= 0.6 is 22.7 Å². The molecule has 3 rings (SSSR count). The summed E-state index contributed by atoms with van der Waals surface area (Å²) in [6.45, 7) is 3.54. The second-order valence-electron chi connectivity index (χ2n) is 5.09. The van der Waals surface area contributed by atoms with Gasteiger partial charge < -0.3 is 10.6 Å². The first-order chi connectivity index (χ1) is 12.5. The molecule has 0 unspecified atom stereocenters. The van der Waals surface area contributed by atoms with Gasteiger partial charge in [-0.25, -0.2) is 19.6 Å². The number of hydrogen-bond donors (Lipinski definition) is 4. The summed E-state index contributed by atoms with van der Waals surface area (Å²) in [5, 5.41) is 15.2. The molecular weight excluding hydrogens is 374 g/mol. The first kappa shape index (κ1) is 17.8. The minimum Gasteiger partial charge on any atom is -0.306 e. The minimum atomic E-state index is -0.438. The molecule has 0 saturated carbocycles. The van der Waals surface area contributed by atoms with Crippen molar-refractivity contribution < 1.29 is 9.59 Å². The lowest BCUT2D eigenvalue weighted by atomic mass is 10.2. The van der Waals surface area contributed by atoms with Gasteiger partial charge in [-0.05, 0) is 19.9 Å². The van der Waals surface area contributed by atoms with Gasteiger partial charge in [0.2, 0.25) is 0 Å². The number of aryl methyl sites for hydroxylation is 2. The molecule has 3 aromatic heterocycles. The van der Waals surface area contributed by atoms with Gasteiger partial charge in [0.1, 0.15) is 0 Å². The third-order valence-electron chi connectivity index (χ3n) is 3.21. The highest BCUT2D eigenvalue weighted by Gasteiger charge is 2.13. The zero-order chi connectivity index (χ0) is 18.5. The third kappa shape index (κ3) is 4.52. The Bertz CT molecular complexity index is 839. The number of pyridine rings is 1. The van der Waals surface area contributed by atoms with Crippen LogP contribution in [0.15, 0.2) is 29.2 Å². The number of aromatic nitrogens is 3. The van der Waals surface area contributed by atoms with Crippen molar-refractivity contribution in [3.05, 3.63) is 40.6 Å². The second-order valence-corrected chi connectivity index (χ2v) is 6.88. The lowest BCUT2D eigenvalue weighted by Gasteiger charge is -2.13. The number of carbonyl (C=O) groups is 2. The Hall–Kier alpha value is -3.05. The Labute approximate surface area is 156 Å². The van der Waals surface area contributed by atoms with Crippen molar-refractivity contribution in [2.75, 3.05) is 21.3 Å². The molecule has 0 radical (unpaired) electrons. The molecule has 0 atom stereocenters. The Kier molecular flexibility index (Phi) is 5.39. The molecule has 0 spiro atoms. The van der Waals surface area contributed by atoms with Crippen LogP contribution in [0.3, 0.4) is 0 Å². The van der Waals surface area contributed by atoms with Crippen LogP contribution in [0.4, 0.5) is 31.2 Å². The summed E-state index contributed by atoms with van der Waals surface area (Å²) < 4.78 is 0. The van der Waals surface area contributed by atoms with E-state index in [0.717, 1.165) is 0 Å². The molecule has 26 heavy (non-hydrogen) atoms. The van der Waals surface area contributed by atoms with E-state index in [1.54, 1.807) is 43.1 Å². The van der Waals surface area contributed by atoms with Gasteiger partial charge in [-0.15, -0.1) is 22.7 Å². The largest absolute Gasteiger partial charge is 0.325 e. The number of carbonyl (C=O) groups excluding carboxylic acids is 2. The van der Waals surface area contributed by atoms with Gasteiger partial charge >= 0.3 is 12.1 Å². The Balaban J connectivity index is 1.69. The summed E-state index contributed by atoms with van der Waals surface area (Å²) >= 11 is 2.63. The van der Waals surface area contributed by atoms with Crippen molar-refractivity contribution in [2.24, 2.45) is 0 Å². The maximum Gasteiger partial charge on any atom is 0.325 e. The molecule has 0 fully saturated rings. The summed E-state index contributed by atoms with van der Waals surface area (Å²) in [6.07, 6.45) is 3.20. The fourth-order valence-electron chi connectivity index (χ4n) is 2.05. The predicted octanol–water partition coefficient (Wildman–Crippen LogP) is 3.90. The molecule has 0 aliphatic rings. The van der Waals surface area contributed by atoms with Gasteiger partial charge in [-0.3, -0.25) is 15.6 Å². The van der Waals surface area contributed by atoms with E-state index in [2.05, 4.69) is 36.2 Å². The van der Waals surface area contributed by atoms with Crippen LogP contribution in [0.2, 0.25) is 0 Å². The molecular formula is C15H15N7O2S2. The van der Waals surface area contributed by atoms with Crippen LogP contribution in [0.1, 0.15) is 11.4 Å². The van der Waals surface area contributed by atoms with Gasteiger partial charge in [0.05, 0.1) is 22.8 Å². The first-order valence-electron chi connectivity index (χ1n) is 7.44. The predicted molar refractivity (Wildman–Crippen MR) is 103 cm³/mol. The second kappa shape index (κ2) is 7.89. The molecule has 0 aliphatic heterocycles. The van der Waals surface area contributed by atoms with E-state index in [4.69, 9.17) is 0 Å². The number of hydrogen-bond acceptors (Lipinski definition) is 7. The molecule has 3 heterocycles. The van der Waals surface area contributed by atoms with Crippen LogP contribution in [-0.2, 0) is 0 Å². The van der Waals surface area contributed by atoms with Crippen LogP contribution in [0, 0.1) is 13.8 Å². The van der Waals surface area contributed by atoms with Crippen molar-refractivity contribution in [3.8, 4) is 0 Å². The van der Waals surface area contributed by atoms with E-state index in [1.165, 1.54) is 22.7 Å². The van der Waals surface area contributed by atoms with Crippen LogP contribution in [0.25, 0.3) is 0 Å². The number of rotatable bonds is 4. The van der Waals surface area contributed by atoms with E-state index in [-0.39, 0.29) is 0 Å². The smallest absolute Gasteiger partial charge is 0.306 e. The fraction of sp³-hybridized carbons (Fsp3) is 0.133. The van der Waals surface area contributed by atoms with Gasteiger partial charge in [-0.2, -0.15) is 0 Å². The Morgan fingerprint density at radius 3 is 1.65 bits per heavy atom. The van der Waals surface area contributed by atoms with E-state index >= 15 is 0 Å². The molecule has 0 aliphatic carbocycles. The summed E-state index contributed by atoms with van der Waals surface area (Å²) in [6, 6.07) is 0.777. The third-order valence-corrected chi connectivity index (χ3v) is 4.58. The molecule has 3 aromatic rings. The molecule has 0 aromatic carbocycles. The van der Waals surface area contributed by atoms with Gasteiger partial charge in [0, 0.05) is 23.2 Å². The number of nitrogens with zero attached hydrogens (tertiary/aromatic N) is 3. The average molecular weight is 389 g/mol. The number of thiazole rings is 2. The maximum atomic E-state index is 12.1. The first-order valence-corrected chi connectivity index (χ1v) is 9.20. The number of anilines is 4. The van der Waals surface area contributed by atoms with E-state index in [0.29, 0.717) is 33.0 Å². The SMILES string of the molecule is Cc1nc(C)c(NC(=O)Nc2nccs2)cc1NC(=O)Nc1nccs1. The van der Waals surface area contributed by atoms with Crippen LogP contribution in [0.5, 0.6) is 0 Å². The van der Waals surface area contributed by atoms with Crippen LogP contribution < -0.4 is 21.3 Å². The minimum absolute atomic E-state index is 0.438. The van der Waals surface area contributed by atoms with Crippen LogP contribution in [-0.4, -0.2) is 27.0 Å². The summed E-state index contributed by atoms with van der Waals surface area (Å²) in [5.74, 6) is 0. The van der Waals surface area contributed by atoms with Crippen molar-refractivity contribution >= 4 is 56.4 Å². The maximum absolute atomic E-state index is 12.1. The van der Waals surface area contributed by atoms with Gasteiger partial charge in [-0.1, -0.05) is 0 Å². The summed E-state index contributed by atoms with van der Waals surface area (Å²) in [7, 11) is 0. The quantitative estimate of drug-likeness (QED) is 0.539. The molecule has 9 nitrogen and oxygen atoms in total. The molecule has 4 amide bonds. The highest BCUT2D eigenvalue weighted by molar-refractivity contribution is 7.14. The highest BCUT2D eigenvalue weighted by Crippen LogP contribution is 2.23. The lowest BCUT2D eigenvalue weighted by molar-refractivity contribution is 0.261.